The van der Waals surface area contributed by atoms with Crippen molar-refractivity contribution in [2.24, 2.45) is 0 Å². The van der Waals surface area contributed by atoms with Crippen LogP contribution in [-0.2, 0) is 11.2 Å². The fourth-order valence-electron chi connectivity index (χ4n) is 1.37. The van der Waals surface area contributed by atoms with Gasteiger partial charge in [0.25, 0.3) is 0 Å². The molecule has 15 heavy (non-hydrogen) atoms. The van der Waals surface area contributed by atoms with Crippen LogP contribution in [0.5, 0.6) is 0 Å². The van der Waals surface area contributed by atoms with Gasteiger partial charge in [-0.15, -0.1) is 0 Å². The predicted octanol–water partition coefficient (Wildman–Crippen LogP) is 2.53. The third-order valence-corrected chi connectivity index (χ3v) is 2.23. The summed E-state index contributed by atoms with van der Waals surface area (Å²) in [5.74, 6) is -0.737. The van der Waals surface area contributed by atoms with Crippen LogP contribution < -0.4 is 5.32 Å². The Kier molecular flexibility index (Phi) is 4.68. The highest BCUT2D eigenvalue weighted by Gasteiger charge is 1.97. The number of carboxylic acid groups (broad SMARTS) is 1. The van der Waals surface area contributed by atoms with Crippen molar-refractivity contribution in [1.29, 1.82) is 0 Å². The van der Waals surface area contributed by atoms with E-state index in [4.69, 9.17) is 5.11 Å². The summed E-state index contributed by atoms with van der Waals surface area (Å²) < 4.78 is 0. The number of aliphatic carboxylic acids is 1. The highest BCUT2D eigenvalue weighted by Crippen LogP contribution is 2.10. The van der Waals surface area contributed by atoms with Gasteiger partial charge in [-0.05, 0) is 30.5 Å². The minimum Gasteiger partial charge on any atom is -0.481 e. The van der Waals surface area contributed by atoms with E-state index >= 15 is 0 Å². The van der Waals surface area contributed by atoms with Gasteiger partial charge in [0.15, 0.2) is 0 Å². The number of carbonyl (C=O) groups is 1. The van der Waals surface area contributed by atoms with E-state index in [1.807, 2.05) is 12.1 Å². The molecule has 82 valence electrons. The van der Waals surface area contributed by atoms with Crippen LogP contribution in [-0.4, -0.2) is 17.6 Å². The van der Waals surface area contributed by atoms with E-state index in [2.05, 4.69) is 24.4 Å². The lowest BCUT2D eigenvalue weighted by molar-refractivity contribution is -0.137. The molecular weight excluding hydrogens is 190 g/mol. The van der Waals surface area contributed by atoms with Crippen molar-refractivity contribution in [3.05, 3.63) is 29.8 Å². The summed E-state index contributed by atoms with van der Waals surface area (Å²) in [5.41, 5.74) is 2.36. The van der Waals surface area contributed by atoms with E-state index in [0.717, 1.165) is 12.1 Å². The smallest absolute Gasteiger partial charge is 0.303 e. The van der Waals surface area contributed by atoms with Gasteiger partial charge >= 0.3 is 5.97 Å². The Labute approximate surface area is 90.1 Å². The van der Waals surface area contributed by atoms with E-state index in [-0.39, 0.29) is 6.42 Å². The average Bonchev–Trinajstić information content (AvgIpc) is 2.24. The van der Waals surface area contributed by atoms with Crippen LogP contribution in [0.3, 0.4) is 0 Å². The lowest BCUT2D eigenvalue weighted by Crippen LogP contribution is -2.04. The summed E-state index contributed by atoms with van der Waals surface area (Å²) in [7, 11) is 0. The summed E-state index contributed by atoms with van der Waals surface area (Å²) >= 11 is 0. The number of anilines is 1. The van der Waals surface area contributed by atoms with Crippen LogP contribution in [0.1, 0.15) is 25.3 Å². The van der Waals surface area contributed by atoms with E-state index in [9.17, 15) is 4.79 Å². The number of nitrogens with one attached hydrogen (secondary N) is 1. The van der Waals surface area contributed by atoms with Gasteiger partial charge in [-0.1, -0.05) is 19.1 Å². The van der Waals surface area contributed by atoms with Crippen LogP contribution in [0, 0.1) is 0 Å². The number of hydrogen-bond acceptors (Lipinski definition) is 2. The first-order chi connectivity index (χ1) is 7.22. The van der Waals surface area contributed by atoms with Crippen molar-refractivity contribution in [3.63, 3.8) is 0 Å². The molecule has 0 aliphatic heterocycles. The first-order valence-electron chi connectivity index (χ1n) is 5.27. The molecule has 3 nitrogen and oxygen atoms in total. The Morgan fingerprint density at radius 3 is 2.93 bits per heavy atom. The van der Waals surface area contributed by atoms with Crippen molar-refractivity contribution < 1.29 is 9.90 Å². The molecule has 0 spiro atoms. The second-order valence-corrected chi connectivity index (χ2v) is 3.48. The van der Waals surface area contributed by atoms with Crippen LogP contribution >= 0.6 is 0 Å². The molecule has 0 saturated heterocycles. The molecule has 3 heteroatoms. The SMILES string of the molecule is CCc1cccc(NCCCC(=O)O)c1. The normalized spacial score (nSPS) is 9.93. The fraction of sp³-hybridized carbons (Fsp3) is 0.417. The topological polar surface area (TPSA) is 49.3 Å². The highest BCUT2D eigenvalue weighted by molar-refractivity contribution is 5.66. The molecule has 0 aliphatic rings. The van der Waals surface area contributed by atoms with Gasteiger partial charge in [0.05, 0.1) is 0 Å². The van der Waals surface area contributed by atoms with Gasteiger partial charge in [-0.25, -0.2) is 0 Å². The monoisotopic (exact) mass is 207 g/mol. The van der Waals surface area contributed by atoms with E-state index in [1.165, 1.54) is 5.56 Å². The summed E-state index contributed by atoms with van der Waals surface area (Å²) in [5, 5.41) is 11.7. The Balaban J connectivity index is 2.33. The Morgan fingerprint density at radius 1 is 1.47 bits per heavy atom. The minimum absolute atomic E-state index is 0.223. The molecule has 1 aromatic carbocycles. The lowest BCUT2D eigenvalue weighted by atomic mass is 10.1. The van der Waals surface area contributed by atoms with Gasteiger partial charge in [-0.3, -0.25) is 4.79 Å². The van der Waals surface area contributed by atoms with Gasteiger partial charge in [0.2, 0.25) is 0 Å². The van der Waals surface area contributed by atoms with Crippen molar-refractivity contribution in [1.82, 2.24) is 0 Å². The van der Waals surface area contributed by atoms with Crippen molar-refractivity contribution >= 4 is 11.7 Å². The van der Waals surface area contributed by atoms with Gasteiger partial charge in [0, 0.05) is 18.7 Å². The first kappa shape index (κ1) is 11.6. The third-order valence-electron chi connectivity index (χ3n) is 2.23. The third kappa shape index (κ3) is 4.49. The minimum atomic E-state index is -0.737. The molecule has 1 aromatic rings. The van der Waals surface area contributed by atoms with E-state index in [1.54, 1.807) is 0 Å². The summed E-state index contributed by atoms with van der Waals surface area (Å²) in [6, 6.07) is 8.20. The molecule has 2 N–H and O–H groups in total. The van der Waals surface area contributed by atoms with E-state index in [0.29, 0.717) is 13.0 Å². The molecule has 0 aliphatic carbocycles. The Bertz CT molecular complexity index is 323. The van der Waals surface area contributed by atoms with Crippen LogP contribution in [0.15, 0.2) is 24.3 Å². The number of benzene rings is 1. The fourth-order valence-corrected chi connectivity index (χ4v) is 1.37. The summed E-state index contributed by atoms with van der Waals surface area (Å²) in [6.07, 6.45) is 1.90. The lowest BCUT2D eigenvalue weighted by Gasteiger charge is -2.06. The maximum Gasteiger partial charge on any atom is 0.303 e. The zero-order chi connectivity index (χ0) is 11.1. The number of rotatable bonds is 6. The molecule has 0 aromatic heterocycles. The van der Waals surface area contributed by atoms with Crippen LogP contribution in [0.25, 0.3) is 0 Å². The van der Waals surface area contributed by atoms with Crippen LogP contribution in [0.2, 0.25) is 0 Å². The van der Waals surface area contributed by atoms with E-state index < -0.39 is 5.97 Å². The zero-order valence-electron chi connectivity index (χ0n) is 8.99. The molecule has 0 heterocycles. The number of carboxylic acids is 1. The predicted molar refractivity (Wildman–Crippen MR) is 61.2 cm³/mol. The molecular formula is C12H17NO2. The van der Waals surface area contributed by atoms with Crippen molar-refractivity contribution in [2.45, 2.75) is 26.2 Å². The first-order valence-corrected chi connectivity index (χ1v) is 5.27. The highest BCUT2D eigenvalue weighted by atomic mass is 16.4. The molecule has 0 amide bonds. The second-order valence-electron chi connectivity index (χ2n) is 3.48. The Hall–Kier alpha value is -1.51. The van der Waals surface area contributed by atoms with Crippen molar-refractivity contribution in [2.75, 3.05) is 11.9 Å². The number of hydrogen-bond donors (Lipinski definition) is 2. The van der Waals surface area contributed by atoms with Crippen LogP contribution in [0.4, 0.5) is 5.69 Å². The van der Waals surface area contributed by atoms with Gasteiger partial charge < -0.3 is 10.4 Å². The zero-order valence-corrected chi connectivity index (χ0v) is 8.99. The molecule has 0 atom stereocenters. The summed E-state index contributed by atoms with van der Waals surface area (Å²) in [6.45, 7) is 2.82. The number of aryl methyl sites for hydroxylation is 1. The Morgan fingerprint density at radius 2 is 2.27 bits per heavy atom. The molecule has 1 rings (SSSR count). The van der Waals surface area contributed by atoms with Gasteiger partial charge in [0.1, 0.15) is 0 Å². The summed E-state index contributed by atoms with van der Waals surface area (Å²) in [4.78, 5) is 10.3. The molecule has 0 radical (unpaired) electrons. The molecule has 0 bridgehead atoms. The maximum atomic E-state index is 10.3. The molecule has 0 unspecified atom stereocenters. The maximum absolute atomic E-state index is 10.3. The largest absolute Gasteiger partial charge is 0.481 e. The quantitative estimate of drug-likeness (QED) is 0.705. The second kappa shape index (κ2) is 6.06. The average molecular weight is 207 g/mol. The van der Waals surface area contributed by atoms with Gasteiger partial charge in [-0.2, -0.15) is 0 Å². The molecule has 0 fully saturated rings. The standard InChI is InChI=1S/C12H17NO2/c1-2-10-5-3-6-11(9-10)13-8-4-7-12(14)15/h3,5-6,9,13H,2,4,7-8H2,1H3,(H,14,15). The van der Waals surface area contributed by atoms with Crippen molar-refractivity contribution in [3.8, 4) is 0 Å². The molecule has 0 saturated carbocycles.